The van der Waals surface area contributed by atoms with Gasteiger partial charge in [-0.25, -0.2) is 0 Å². The summed E-state index contributed by atoms with van der Waals surface area (Å²) < 4.78 is 9.88. The van der Waals surface area contributed by atoms with E-state index in [2.05, 4.69) is 5.16 Å². The van der Waals surface area contributed by atoms with Crippen LogP contribution in [-0.2, 0) is 0 Å². The zero-order valence-electron chi connectivity index (χ0n) is 8.03. The largest absolute Gasteiger partial charge is 0.495 e. The van der Waals surface area contributed by atoms with Crippen molar-refractivity contribution in [2.45, 2.75) is 0 Å². The van der Waals surface area contributed by atoms with Crippen molar-refractivity contribution >= 4 is 17.5 Å². The number of benzene rings is 1. The SMILES string of the molecule is COc1cccc(-c2cnoc2N)c1Cl. The van der Waals surface area contributed by atoms with Gasteiger partial charge in [-0.1, -0.05) is 28.9 Å². The lowest BCUT2D eigenvalue weighted by Crippen LogP contribution is -1.88. The molecule has 1 aromatic heterocycles. The summed E-state index contributed by atoms with van der Waals surface area (Å²) in [7, 11) is 1.56. The molecule has 0 aliphatic carbocycles. The number of ether oxygens (including phenoxy) is 1. The van der Waals surface area contributed by atoms with Gasteiger partial charge in [-0.05, 0) is 6.07 Å². The van der Waals surface area contributed by atoms with Gasteiger partial charge in [-0.15, -0.1) is 0 Å². The highest BCUT2D eigenvalue weighted by molar-refractivity contribution is 6.35. The van der Waals surface area contributed by atoms with E-state index in [4.69, 9.17) is 26.6 Å². The molecule has 0 saturated heterocycles. The summed E-state index contributed by atoms with van der Waals surface area (Å²) >= 11 is 6.12. The number of anilines is 1. The molecule has 4 nitrogen and oxygen atoms in total. The molecule has 2 aromatic rings. The van der Waals surface area contributed by atoms with Crippen LogP contribution in [0.5, 0.6) is 5.75 Å². The molecule has 2 rings (SSSR count). The van der Waals surface area contributed by atoms with Gasteiger partial charge in [0.15, 0.2) is 0 Å². The molecule has 0 spiro atoms. The molecule has 78 valence electrons. The summed E-state index contributed by atoms with van der Waals surface area (Å²) in [4.78, 5) is 0. The minimum Gasteiger partial charge on any atom is -0.495 e. The van der Waals surface area contributed by atoms with Gasteiger partial charge in [0.05, 0.1) is 23.9 Å². The maximum absolute atomic E-state index is 6.12. The highest BCUT2D eigenvalue weighted by atomic mass is 35.5. The van der Waals surface area contributed by atoms with Crippen LogP contribution >= 0.6 is 11.6 Å². The van der Waals surface area contributed by atoms with E-state index in [9.17, 15) is 0 Å². The van der Waals surface area contributed by atoms with E-state index in [0.29, 0.717) is 16.3 Å². The Morgan fingerprint density at radius 1 is 1.40 bits per heavy atom. The molecule has 1 aromatic carbocycles. The van der Waals surface area contributed by atoms with Crippen molar-refractivity contribution in [1.29, 1.82) is 0 Å². The third-order valence-electron chi connectivity index (χ3n) is 2.07. The zero-order valence-corrected chi connectivity index (χ0v) is 8.78. The van der Waals surface area contributed by atoms with Crippen molar-refractivity contribution < 1.29 is 9.26 Å². The van der Waals surface area contributed by atoms with Crippen molar-refractivity contribution in [3.8, 4) is 16.9 Å². The Kier molecular flexibility index (Phi) is 2.51. The van der Waals surface area contributed by atoms with Gasteiger partial charge < -0.3 is 15.0 Å². The fraction of sp³-hybridized carbons (Fsp3) is 0.100. The predicted molar refractivity (Wildman–Crippen MR) is 57.9 cm³/mol. The Morgan fingerprint density at radius 3 is 2.80 bits per heavy atom. The van der Waals surface area contributed by atoms with E-state index in [0.717, 1.165) is 5.56 Å². The van der Waals surface area contributed by atoms with Crippen molar-refractivity contribution in [3.63, 3.8) is 0 Å². The van der Waals surface area contributed by atoms with Crippen molar-refractivity contribution in [1.82, 2.24) is 5.16 Å². The van der Waals surface area contributed by atoms with Gasteiger partial charge in [0.1, 0.15) is 5.75 Å². The number of rotatable bonds is 2. The lowest BCUT2D eigenvalue weighted by atomic mass is 10.1. The molecule has 15 heavy (non-hydrogen) atoms. The molecule has 2 N–H and O–H groups in total. The standard InChI is InChI=1S/C10H9ClN2O2/c1-14-8-4-2-3-6(9(8)11)7-5-13-15-10(7)12/h2-5H,12H2,1H3. The Bertz CT molecular complexity index is 482. The zero-order chi connectivity index (χ0) is 10.8. The molecule has 0 unspecified atom stereocenters. The molecule has 1 heterocycles. The molecule has 0 bridgehead atoms. The first kappa shape index (κ1) is 9.86. The molecule has 0 aliphatic heterocycles. The number of hydrogen-bond donors (Lipinski definition) is 1. The summed E-state index contributed by atoms with van der Waals surface area (Å²) in [6, 6.07) is 5.43. The number of methoxy groups -OCH3 is 1. The molecule has 0 saturated carbocycles. The van der Waals surface area contributed by atoms with Crippen LogP contribution in [0.1, 0.15) is 0 Å². The molecule has 0 amide bonds. The van der Waals surface area contributed by atoms with Gasteiger partial charge in [-0.3, -0.25) is 0 Å². The number of nitrogens with zero attached hydrogens (tertiary/aromatic N) is 1. The fourth-order valence-electron chi connectivity index (χ4n) is 1.33. The van der Waals surface area contributed by atoms with Gasteiger partial charge in [0.2, 0.25) is 5.88 Å². The quantitative estimate of drug-likeness (QED) is 0.852. The molecule has 0 radical (unpaired) electrons. The number of nitrogen functional groups attached to an aromatic ring is 1. The van der Waals surface area contributed by atoms with Crippen molar-refractivity contribution in [2.24, 2.45) is 0 Å². The summed E-state index contributed by atoms with van der Waals surface area (Å²) in [5.74, 6) is 0.833. The van der Waals surface area contributed by atoms with E-state index in [1.165, 1.54) is 6.20 Å². The van der Waals surface area contributed by atoms with Gasteiger partial charge in [-0.2, -0.15) is 0 Å². The molecular formula is C10H9ClN2O2. The normalized spacial score (nSPS) is 10.3. The second-order valence-corrected chi connectivity index (χ2v) is 3.30. The van der Waals surface area contributed by atoms with Crippen LogP contribution in [0.15, 0.2) is 28.9 Å². The van der Waals surface area contributed by atoms with Gasteiger partial charge in [0, 0.05) is 5.56 Å². The second kappa shape index (κ2) is 3.82. The van der Waals surface area contributed by atoms with Crippen LogP contribution in [0.3, 0.4) is 0 Å². The van der Waals surface area contributed by atoms with Crippen molar-refractivity contribution in [2.75, 3.05) is 12.8 Å². The molecule has 0 atom stereocenters. The van der Waals surface area contributed by atoms with Crippen LogP contribution < -0.4 is 10.5 Å². The third kappa shape index (κ3) is 1.64. The van der Waals surface area contributed by atoms with Crippen LogP contribution in [0.25, 0.3) is 11.1 Å². The van der Waals surface area contributed by atoms with E-state index < -0.39 is 0 Å². The first-order valence-electron chi connectivity index (χ1n) is 4.27. The summed E-state index contributed by atoms with van der Waals surface area (Å²) in [5.41, 5.74) is 7.02. The monoisotopic (exact) mass is 224 g/mol. The maximum atomic E-state index is 6.12. The minimum absolute atomic E-state index is 0.241. The number of hydrogen-bond acceptors (Lipinski definition) is 4. The van der Waals surface area contributed by atoms with Crippen LogP contribution in [0.2, 0.25) is 5.02 Å². The molecular weight excluding hydrogens is 216 g/mol. The Balaban J connectivity index is 2.59. The Morgan fingerprint density at radius 2 is 2.20 bits per heavy atom. The Hall–Kier alpha value is -1.68. The summed E-state index contributed by atoms with van der Waals surface area (Å²) in [5, 5.41) is 4.09. The number of aromatic nitrogens is 1. The maximum Gasteiger partial charge on any atom is 0.230 e. The molecule has 0 aliphatic rings. The van der Waals surface area contributed by atoms with E-state index in [1.54, 1.807) is 13.2 Å². The lowest BCUT2D eigenvalue weighted by molar-refractivity contribution is 0.415. The van der Waals surface area contributed by atoms with E-state index in [1.807, 2.05) is 12.1 Å². The highest BCUT2D eigenvalue weighted by Gasteiger charge is 2.13. The highest BCUT2D eigenvalue weighted by Crippen LogP contribution is 2.37. The topological polar surface area (TPSA) is 61.3 Å². The van der Waals surface area contributed by atoms with Crippen LogP contribution in [0, 0.1) is 0 Å². The van der Waals surface area contributed by atoms with Crippen LogP contribution in [0.4, 0.5) is 5.88 Å². The minimum atomic E-state index is 0.241. The fourth-order valence-corrected chi connectivity index (χ4v) is 1.63. The lowest BCUT2D eigenvalue weighted by Gasteiger charge is -2.06. The molecule has 0 fully saturated rings. The van der Waals surface area contributed by atoms with Gasteiger partial charge in [0.25, 0.3) is 0 Å². The number of nitrogens with two attached hydrogens (primary N) is 1. The van der Waals surface area contributed by atoms with Crippen molar-refractivity contribution in [3.05, 3.63) is 29.4 Å². The van der Waals surface area contributed by atoms with Gasteiger partial charge >= 0.3 is 0 Å². The molecule has 5 heteroatoms. The predicted octanol–water partition coefficient (Wildman–Crippen LogP) is 2.59. The first-order valence-corrected chi connectivity index (χ1v) is 4.65. The van der Waals surface area contributed by atoms with E-state index >= 15 is 0 Å². The van der Waals surface area contributed by atoms with E-state index in [-0.39, 0.29) is 5.88 Å². The smallest absolute Gasteiger partial charge is 0.230 e. The second-order valence-electron chi connectivity index (χ2n) is 2.93. The Labute approximate surface area is 91.6 Å². The average molecular weight is 225 g/mol. The number of halogens is 1. The third-order valence-corrected chi connectivity index (χ3v) is 2.46. The summed E-state index contributed by atoms with van der Waals surface area (Å²) in [6.07, 6.45) is 1.52. The first-order chi connectivity index (χ1) is 7.24. The average Bonchev–Trinajstić information content (AvgIpc) is 2.65. The summed E-state index contributed by atoms with van der Waals surface area (Å²) in [6.45, 7) is 0. The van der Waals surface area contributed by atoms with Crippen LogP contribution in [-0.4, -0.2) is 12.3 Å².